The zero-order chi connectivity index (χ0) is 18.8. The molecular formula is C19H18N2O6. The Kier molecular flexibility index (Phi) is 4.45. The summed E-state index contributed by atoms with van der Waals surface area (Å²) >= 11 is 0. The Morgan fingerprint density at radius 1 is 0.926 bits per heavy atom. The average molecular weight is 370 g/mol. The summed E-state index contributed by atoms with van der Waals surface area (Å²) in [4.78, 5) is 24.4. The maximum absolute atomic E-state index is 12.2. The SMILES string of the molecule is CC(NC(=O)CNC(=O)c1ccc2c(c1)OCO2)c1ccc2c(c1)OCO2. The lowest BCUT2D eigenvalue weighted by molar-refractivity contribution is -0.120. The van der Waals surface area contributed by atoms with E-state index in [1.54, 1.807) is 18.2 Å². The molecule has 2 amide bonds. The van der Waals surface area contributed by atoms with E-state index in [2.05, 4.69) is 10.6 Å². The Morgan fingerprint density at radius 2 is 1.56 bits per heavy atom. The van der Waals surface area contributed by atoms with E-state index in [0.717, 1.165) is 5.56 Å². The lowest BCUT2D eigenvalue weighted by Crippen LogP contribution is -2.38. The molecule has 1 atom stereocenters. The summed E-state index contributed by atoms with van der Waals surface area (Å²) in [5, 5.41) is 5.44. The van der Waals surface area contributed by atoms with Crippen LogP contribution in [0.1, 0.15) is 28.9 Å². The second-order valence-electron chi connectivity index (χ2n) is 6.15. The Bertz CT molecular complexity index is 898. The molecule has 1 unspecified atom stereocenters. The maximum Gasteiger partial charge on any atom is 0.251 e. The van der Waals surface area contributed by atoms with Crippen molar-refractivity contribution in [3.63, 3.8) is 0 Å². The molecule has 27 heavy (non-hydrogen) atoms. The van der Waals surface area contributed by atoms with Gasteiger partial charge < -0.3 is 29.6 Å². The molecule has 0 radical (unpaired) electrons. The van der Waals surface area contributed by atoms with Crippen molar-refractivity contribution in [2.45, 2.75) is 13.0 Å². The highest BCUT2D eigenvalue weighted by molar-refractivity contribution is 5.97. The summed E-state index contributed by atoms with van der Waals surface area (Å²) in [7, 11) is 0. The quantitative estimate of drug-likeness (QED) is 0.833. The number of hydrogen-bond donors (Lipinski definition) is 2. The van der Waals surface area contributed by atoms with Gasteiger partial charge in [-0.05, 0) is 42.8 Å². The van der Waals surface area contributed by atoms with Crippen molar-refractivity contribution in [2.75, 3.05) is 20.1 Å². The third-order valence-corrected chi connectivity index (χ3v) is 4.32. The minimum Gasteiger partial charge on any atom is -0.454 e. The maximum atomic E-state index is 12.2. The minimum atomic E-state index is -0.362. The van der Waals surface area contributed by atoms with E-state index in [-0.39, 0.29) is 38.0 Å². The molecular weight excluding hydrogens is 352 g/mol. The second-order valence-corrected chi connectivity index (χ2v) is 6.15. The number of hydrogen-bond acceptors (Lipinski definition) is 6. The van der Waals surface area contributed by atoms with Crippen LogP contribution in [-0.2, 0) is 4.79 Å². The summed E-state index contributed by atoms with van der Waals surface area (Å²) < 4.78 is 21.1. The zero-order valence-corrected chi connectivity index (χ0v) is 14.6. The topological polar surface area (TPSA) is 95.1 Å². The third kappa shape index (κ3) is 3.59. The van der Waals surface area contributed by atoms with Crippen molar-refractivity contribution >= 4 is 11.8 Å². The van der Waals surface area contributed by atoms with Crippen LogP contribution < -0.4 is 29.6 Å². The van der Waals surface area contributed by atoms with Gasteiger partial charge in [-0.25, -0.2) is 0 Å². The minimum absolute atomic E-state index is 0.137. The van der Waals surface area contributed by atoms with Crippen molar-refractivity contribution in [3.8, 4) is 23.0 Å². The summed E-state index contributed by atoms with van der Waals surface area (Å²) in [6.07, 6.45) is 0. The molecule has 0 spiro atoms. The van der Waals surface area contributed by atoms with Crippen LogP contribution in [0, 0.1) is 0 Å². The molecule has 2 aliphatic rings. The number of fused-ring (bicyclic) bond motifs is 2. The van der Waals surface area contributed by atoms with Gasteiger partial charge in [0.25, 0.3) is 5.91 Å². The molecule has 140 valence electrons. The Labute approximate surface area is 155 Å². The third-order valence-electron chi connectivity index (χ3n) is 4.32. The zero-order valence-electron chi connectivity index (χ0n) is 14.6. The van der Waals surface area contributed by atoms with Gasteiger partial charge in [0.2, 0.25) is 19.5 Å². The molecule has 2 heterocycles. The van der Waals surface area contributed by atoms with Crippen LogP contribution in [0.4, 0.5) is 0 Å². The average Bonchev–Trinajstić information content (AvgIpc) is 3.33. The van der Waals surface area contributed by atoms with Gasteiger partial charge in [0.15, 0.2) is 23.0 Å². The molecule has 0 aromatic heterocycles. The number of nitrogens with one attached hydrogen (secondary N) is 2. The van der Waals surface area contributed by atoms with E-state index in [9.17, 15) is 9.59 Å². The van der Waals surface area contributed by atoms with Gasteiger partial charge in [-0.3, -0.25) is 9.59 Å². The first-order valence-electron chi connectivity index (χ1n) is 8.47. The van der Waals surface area contributed by atoms with Crippen LogP contribution in [0.15, 0.2) is 36.4 Å². The van der Waals surface area contributed by atoms with Gasteiger partial charge in [-0.15, -0.1) is 0 Å². The molecule has 8 nitrogen and oxygen atoms in total. The molecule has 2 N–H and O–H groups in total. The number of benzene rings is 2. The first-order chi connectivity index (χ1) is 13.1. The number of carbonyl (C=O) groups is 2. The summed E-state index contributed by atoms with van der Waals surface area (Å²) in [5.74, 6) is 1.80. The number of rotatable bonds is 5. The lowest BCUT2D eigenvalue weighted by atomic mass is 10.1. The van der Waals surface area contributed by atoms with Crippen molar-refractivity contribution in [2.24, 2.45) is 0 Å². The van der Waals surface area contributed by atoms with E-state index >= 15 is 0 Å². The van der Waals surface area contributed by atoms with Crippen molar-refractivity contribution < 1.29 is 28.5 Å². The normalized spacial score (nSPS) is 14.6. The molecule has 0 bridgehead atoms. The fourth-order valence-corrected chi connectivity index (χ4v) is 2.86. The number of carbonyl (C=O) groups excluding carboxylic acids is 2. The molecule has 2 aliphatic heterocycles. The van der Waals surface area contributed by atoms with Gasteiger partial charge >= 0.3 is 0 Å². The van der Waals surface area contributed by atoms with Gasteiger partial charge in [-0.2, -0.15) is 0 Å². The van der Waals surface area contributed by atoms with Gasteiger partial charge in [-0.1, -0.05) is 6.07 Å². The van der Waals surface area contributed by atoms with Crippen LogP contribution in [0.25, 0.3) is 0 Å². The Morgan fingerprint density at radius 3 is 2.30 bits per heavy atom. The van der Waals surface area contributed by atoms with Gasteiger partial charge in [0.05, 0.1) is 12.6 Å². The molecule has 2 aromatic rings. The first-order valence-corrected chi connectivity index (χ1v) is 8.47. The van der Waals surface area contributed by atoms with Crippen LogP contribution in [0.2, 0.25) is 0 Å². The van der Waals surface area contributed by atoms with E-state index in [0.29, 0.717) is 28.6 Å². The largest absolute Gasteiger partial charge is 0.454 e. The monoisotopic (exact) mass is 370 g/mol. The summed E-state index contributed by atoms with van der Waals surface area (Å²) in [5.41, 5.74) is 1.28. The second kappa shape index (κ2) is 7.06. The highest BCUT2D eigenvalue weighted by Crippen LogP contribution is 2.34. The Balaban J connectivity index is 1.31. The highest BCUT2D eigenvalue weighted by Gasteiger charge is 2.18. The highest BCUT2D eigenvalue weighted by atomic mass is 16.7. The van der Waals surface area contributed by atoms with Crippen LogP contribution in [-0.4, -0.2) is 31.9 Å². The van der Waals surface area contributed by atoms with Crippen molar-refractivity contribution in [3.05, 3.63) is 47.5 Å². The van der Waals surface area contributed by atoms with Crippen LogP contribution >= 0.6 is 0 Å². The fraction of sp³-hybridized carbons (Fsp3) is 0.263. The van der Waals surface area contributed by atoms with Crippen LogP contribution in [0.3, 0.4) is 0 Å². The predicted molar refractivity (Wildman–Crippen MR) is 94.0 cm³/mol. The number of amides is 2. The van der Waals surface area contributed by atoms with Crippen molar-refractivity contribution in [1.82, 2.24) is 10.6 Å². The first kappa shape index (κ1) is 17.0. The molecule has 0 saturated heterocycles. The predicted octanol–water partition coefficient (Wildman–Crippen LogP) is 1.75. The molecule has 4 rings (SSSR count). The lowest BCUT2D eigenvalue weighted by Gasteiger charge is -2.15. The molecule has 0 aliphatic carbocycles. The van der Waals surface area contributed by atoms with Gasteiger partial charge in [0, 0.05) is 5.56 Å². The molecule has 0 saturated carbocycles. The molecule has 8 heteroatoms. The van der Waals surface area contributed by atoms with E-state index in [1.807, 2.05) is 25.1 Å². The number of ether oxygens (including phenoxy) is 4. The fourth-order valence-electron chi connectivity index (χ4n) is 2.86. The van der Waals surface area contributed by atoms with Crippen molar-refractivity contribution in [1.29, 1.82) is 0 Å². The standard InChI is InChI=1S/C19H18N2O6/c1-11(12-2-4-14-16(6-12)26-9-24-14)21-18(22)8-20-19(23)13-3-5-15-17(7-13)27-10-25-15/h2-7,11H,8-10H2,1H3,(H,20,23)(H,21,22). The Hall–Kier alpha value is -3.42. The molecule has 0 fully saturated rings. The smallest absolute Gasteiger partial charge is 0.251 e. The van der Waals surface area contributed by atoms with Crippen LogP contribution in [0.5, 0.6) is 23.0 Å². The van der Waals surface area contributed by atoms with E-state index in [1.165, 1.54) is 0 Å². The molecule has 2 aromatic carbocycles. The van der Waals surface area contributed by atoms with Gasteiger partial charge in [0.1, 0.15) is 0 Å². The van der Waals surface area contributed by atoms with E-state index < -0.39 is 0 Å². The summed E-state index contributed by atoms with van der Waals surface area (Å²) in [6, 6.07) is 10.1. The summed E-state index contributed by atoms with van der Waals surface area (Å²) in [6.45, 7) is 2.06. The van der Waals surface area contributed by atoms with E-state index in [4.69, 9.17) is 18.9 Å².